The molecule has 0 aliphatic carbocycles. The predicted molar refractivity (Wildman–Crippen MR) is 52.2 cm³/mol. The summed E-state index contributed by atoms with van der Waals surface area (Å²) in [5, 5.41) is 3.63. The Labute approximate surface area is 81.4 Å². The van der Waals surface area contributed by atoms with Crippen LogP contribution in [-0.2, 0) is 0 Å². The standard InChI is InChI=1S/C6H7N7O2/c7-5(8)12-13-1-9-2-3(13)10-6(15)11-4(2)14/h1H,(H4,7,8,12)(H2,10,11,14,15). The molecule has 15 heavy (non-hydrogen) atoms. The first-order valence-electron chi connectivity index (χ1n) is 3.87. The summed E-state index contributed by atoms with van der Waals surface area (Å²) < 4.78 is 1.11. The Kier molecular flexibility index (Phi) is 1.78. The van der Waals surface area contributed by atoms with Crippen molar-refractivity contribution in [3.05, 3.63) is 27.2 Å². The van der Waals surface area contributed by atoms with Gasteiger partial charge in [-0.3, -0.25) is 14.8 Å². The summed E-state index contributed by atoms with van der Waals surface area (Å²) in [7, 11) is 0. The summed E-state index contributed by atoms with van der Waals surface area (Å²) in [4.78, 5) is 30.3. The third kappa shape index (κ3) is 1.45. The molecule has 0 unspecified atom stereocenters. The van der Waals surface area contributed by atoms with Crippen molar-refractivity contribution in [1.29, 1.82) is 0 Å². The molecule has 2 rings (SSSR count). The first kappa shape index (κ1) is 8.99. The van der Waals surface area contributed by atoms with E-state index in [2.05, 4.69) is 15.1 Å². The van der Waals surface area contributed by atoms with Gasteiger partial charge in [-0.05, 0) is 0 Å². The third-order valence-electron chi connectivity index (χ3n) is 1.65. The van der Waals surface area contributed by atoms with E-state index in [1.54, 1.807) is 0 Å². The molecule has 0 saturated heterocycles. The molecule has 0 atom stereocenters. The fourth-order valence-electron chi connectivity index (χ4n) is 1.12. The van der Waals surface area contributed by atoms with Crippen molar-refractivity contribution in [2.75, 3.05) is 0 Å². The zero-order chi connectivity index (χ0) is 11.0. The molecule has 0 saturated carbocycles. The van der Waals surface area contributed by atoms with Crippen molar-refractivity contribution >= 4 is 17.1 Å². The maximum atomic E-state index is 11.2. The van der Waals surface area contributed by atoms with Crippen LogP contribution in [0.15, 0.2) is 21.0 Å². The fourth-order valence-corrected chi connectivity index (χ4v) is 1.12. The van der Waals surface area contributed by atoms with E-state index in [0.717, 1.165) is 4.68 Å². The summed E-state index contributed by atoms with van der Waals surface area (Å²) in [6.07, 6.45) is 1.22. The van der Waals surface area contributed by atoms with E-state index >= 15 is 0 Å². The van der Waals surface area contributed by atoms with Crippen molar-refractivity contribution in [3.8, 4) is 0 Å². The van der Waals surface area contributed by atoms with Crippen LogP contribution in [0.25, 0.3) is 11.2 Å². The van der Waals surface area contributed by atoms with E-state index < -0.39 is 11.2 Å². The smallest absolute Gasteiger partial charge is 0.327 e. The SMILES string of the molecule is NC(N)=Nn1cnc2c(=O)[nH]c(=O)[nH]c21. The van der Waals surface area contributed by atoms with E-state index in [1.807, 2.05) is 4.98 Å². The van der Waals surface area contributed by atoms with Gasteiger partial charge in [0.2, 0.25) is 5.96 Å². The van der Waals surface area contributed by atoms with Gasteiger partial charge in [0.1, 0.15) is 6.33 Å². The molecule has 0 spiro atoms. The quantitative estimate of drug-likeness (QED) is 0.301. The van der Waals surface area contributed by atoms with Gasteiger partial charge in [0.25, 0.3) is 5.56 Å². The van der Waals surface area contributed by atoms with Crippen LogP contribution in [-0.4, -0.2) is 25.6 Å². The number of hydrogen-bond donors (Lipinski definition) is 4. The zero-order valence-corrected chi connectivity index (χ0v) is 7.39. The van der Waals surface area contributed by atoms with E-state index in [0.29, 0.717) is 0 Å². The lowest BCUT2D eigenvalue weighted by Gasteiger charge is -1.94. The normalized spacial score (nSPS) is 10.4. The van der Waals surface area contributed by atoms with Gasteiger partial charge in [0, 0.05) is 0 Å². The lowest BCUT2D eigenvalue weighted by molar-refractivity contribution is 0.878. The number of nitrogens with one attached hydrogen (secondary N) is 2. The summed E-state index contributed by atoms with van der Waals surface area (Å²) in [6, 6.07) is 0. The number of imidazole rings is 1. The van der Waals surface area contributed by atoms with Gasteiger partial charge in [-0.2, -0.15) is 0 Å². The maximum absolute atomic E-state index is 11.2. The van der Waals surface area contributed by atoms with Gasteiger partial charge in [0.05, 0.1) is 0 Å². The van der Waals surface area contributed by atoms with E-state index in [4.69, 9.17) is 11.5 Å². The van der Waals surface area contributed by atoms with Crippen molar-refractivity contribution in [3.63, 3.8) is 0 Å². The number of nitrogens with zero attached hydrogens (tertiary/aromatic N) is 3. The number of H-pyrrole nitrogens is 2. The molecule has 2 heterocycles. The Hall–Kier alpha value is -2.58. The Morgan fingerprint density at radius 3 is 2.80 bits per heavy atom. The van der Waals surface area contributed by atoms with E-state index in [1.165, 1.54) is 6.33 Å². The topological polar surface area (TPSA) is 148 Å². The molecule has 9 heteroatoms. The molecule has 9 nitrogen and oxygen atoms in total. The fraction of sp³-hybridized carbons (Fsp3) is 0. The number of hydrogen-bond acceptors (Lipinski definition) is 4. The van der Waals surface area contributed by atoms with Crippen LogP contribution in [0.2, 0.25) is 0 Å². The highest BCUT2D eigenvalue weighted by atomic mass is 16.2. The second-order valence-electron chi connectivity index (χ2n) is 2.72. The molecule has 0 bridgehead atoms. The van der Waals surface area contributed by atoms with Gasteiger partial charge in [0.15, 0.2) is 11.2 Å². The first-order chi connectivity index (χ1) is 7.08. The minimum Gasteiger partial charge on any atom is -0.369 e. The lowest BCUT2D eigenvalue weighted by atomic mass is 10.5. The van der Waals surface area contributed by atoms with Crippen molar-refractivity contribution in [2.24, 2.45) is 16.6 Å². The van der Waals surface area contributed by atoms with E-state index in [-0.39, 0.29) is 17.1 Å². The molecule has 0 aliphatic rings. The summed E-state index contributed by atoms with van der Waals surface area (Å²) in [5.74, 6) is -0.213. The summed E-state index contributed by atoms with van der Waals surface area (Å²) in [6.45, 7) is 0. The molecule has 2 aromatic heterocycles. The Morgan fingerprint density at radius 1 is 1.40 bits per heavy atom. The van der Waals surface area contributed by atoms with Gasteiger partial charge in [-0.1, -0.05) is 0 Å². The van der Waals surface area contributed by atoms with E-state index in [9.17, 15) is 9.59 Å². The molecule has 0 fully saturated rings. The number of aromatic amines is 2. The largest absolute Gasteiger partial charge is 0.369 e. The number of guanidine groups is 1. The Morgan fingerprint density at radius 2 is 2.13 bits per heavy atom. The lowest BCUT2D eigenvalue weighted by Crippen LogP contribution is -2.25. The molecule has 0 aromatic carbocycles. The van der Waals surface area contributed by atoms with Gasteiger partial charge < -0.3 is 11.5 Å². The highest BCUT2D eigenvalue weighted by Gasteiger charge is 2.06. The minimum atomic E-state index is -0.653. The van der Waals surface area contributed by atoms with Crippen molar-refractivity contribution in [2.45, 2.75) is 0 Å². The number of aromatic nitrogens is 4. The highest BCUT2D eigenvalue weighted by molar-refractivity contribution is 5.77. The molecular formula is C6H7N7O2. The van der Waals surface area contributed by atoms with Gasteiger partial charge in [-0.25, -0.2) is 14.5 Å². The molecule has 0 amide bonds. The van der Waals surface area contributed by atoms with Crippen molar-refractivity contribution < 1.29 is 0 Å². The second-order valence-corrected chi connectivity index (χ2v) is 2.72. The first-order valence-corrected chi connectivity index (χ1v) is 3.87. The summed E-state index contributed by atoms with van der Waals surface area (Å²) >= 11 is 0. The van der Waals surface area contributed by atoms with Crippen LogP contribution in [0, 0.1) is 0 Å². The third-order valence-corrected chi connectivity index (χ3v) is 1.65. The molecule has 0 radical (unpaired) electrons. The molecule has 0 aliphatic heterocycles. The number of fused-ring (bicyclic) bond motifs is 1. The predicted octanol–water partition coefficient (Wildman–Crippen LogP) is -2.55. The van der Waals surface area contributed by atoms with Gasteiger partial charge >= 0.3 is 5.69 Å². The van der Waals surface area contributed by atoms with Crippen LogP contribution < -0.4 is 22.7 Å². The van der Waals surface area contributed by atoms with Crippen LogP contribution in [0.5, 0.6) is 0 Å². The Balaban J connectivity index is 2.86. The van der Waals surface area contributed by atoms with Crippen LogP contribution >= 0.6 is 0 Å². The number of rotatable bonds is 1. The monoisotopic (exact) mass is 209 g/mol. The maximum Gasteiger partial charge on any atom is 0.327 e. The minimum absolute atomic E-state index is 0.0552. The van der Waals surface area contributed by atoms with Gasteiger partial charge in [-0.15, -0.1) is 5.10 Å². The van der Waals surface area contributed by atoms with Crippen LogP contribution in [0.4, 0.5) is 0 Å². The Bertz CT molecular complexity index is 641. The molecule has 6 N–H and O–H groups in total. The van der Waals surface area contributed by atoms with Crippen LogP contribution in [0.1, 0.15) is 0 Å². The van der Waals surface area contributed by atoms with Crippen molar-refractivity contribution in [1.82, 2.24) is 19.6 Å². The average molecular weight is 209 g/mol. The zero-order valence-electron chi connectivity index (χ0n) is 7.39. The second kappa shape index (κ2) is 2.97. The summed E-state index contributed by atoms with van der Waals surface area (Å²) in [5.41, 5.74) is 9.24. The number of nitrogens with two attached hydrogens (primary N) is 2. The highest BCUT2D eigenvalue weighted by Crippen LogP contribution is 2.01. The average Bonchev–Trinajstić information content (AvgIpc) is 2.48. The molecule has 78 valence electrons. The molecular weight excluding hydrogens is 202 g/mol. The molecule has 2 aromatic rings. The van der Waals surface area contributed by atoms with Crippen LogP contribution in [0.3, 0.4) is 0 Å².